The molecule has 8 heteroatoms. The molecule has 1 unspecified atom stereocenters. The number of hydrogen-bond acceptors (Lipinski definition) is 4. The van der Waals surface area contributed by atoms with Crippen LogP contribution in [0.25, 0.3) is 0 Å². The summed E-state index contributed by atoms with van der Waals surface area (Å²) < 4.78 is 27.3. The van der Waals surface area contributed by atoms with Crippen molar-refractivity contribution in [3.8, 4) is 0 Å². The van der Waals surface area contributed by atoms with E-state index in [1.807, 2.05) is 6.92 Å². The molecular formula is C11H23N3O4S. The molecule has 1 saturated heterocycles. The maximum atomic E-state index is 11.9. The van der Waals surface area contributed by atoms with Gasteiger partial charge in [-0.2, -0.15) is 12.7 Å². The van der Waals surface area contributed by atoms with Crippen LogP contribution in [0.5, 0.6) is 0 Å². The number of hydrogen-bond donors (Lipinski definition) is 2. The molecule has 19 heavy (non-hydrogen) atoms. The van der Waals surface area contributed by atoms with Gasteiger partial charge in [0, 0.05) is 26.2 Å². The molecule has 0 spiro atoms. The van der Waals surface area contributed by atoms with Gasteiger partial charge in [-0.25, -0.2) is 4.72 Å². The first-order valence-corrected chi connectivity index (χ1v) is 7.93. The second-order valence-corrected chi connectivity index (χ2v) is 6.77. The summed E-state index contributed by atoms with van der Waals surface area (Å²) in [6.45, 7) is 4.34. The molecule has 2 N–H and O–H groups in total. The Labute approximate surface area is 114 Å². The minimum Gasteiger partial charge on any atom is -0.481 e. The summed E-state index contributed by atoms with van der Waals surface area (Å²) in [6.07, 6.45) is 2.13. The molecule has 0 bridgehead atoms. The van der Waals surface area contributed by atoms with Crippen LogP contribution in [0.15, 0.2) is 0 Å². The standard InChI is InChI=1S/C11H23N3O4S/c1-10(14-6-3-4-7-14)9-12-19(17,18)13(2)8-5-11(15)16/h10,12H,3-9H2,1-2H3,(H,15,16). The lowest BCUT2D eigenvalue weighted by molar-refractivity contribution is -0.137. The normalized spacial score (nSPS) is 18.9. The van der Waals surface area contributed by atoms with Gasteiger partial charge >= 0.3 is 5.97 Å². The summed E-state index contributed by atoms with van der Waals surface area (Å²) in [7, 11) is -2.21. The van der Waals surface area contributed by atoms with Crippen molar-refractivity contribution in [1.29, 1.82) is 0 Å². The fourth-order valence-corrected chi connectivity index (χ4v) is 3.02. The molecule has 0 aromatic carbocycles. The zero-order chi connectivity index (χ0) is 14.5. The van der Waals surface area contributed by atoms with Gasteiger partial charge in [-0.3, -0.25) is 9.69 Å². The van der Waals surface area contributed by atoms with Crippen LogP contribution >= 0.6 is 0 Å². The molecule has 0 radical (unpaired) electrons. The van der Waals surface area contributed by atoms with Gasteiger partial charge in [0.2, 0.25) is 0 Å². The van der Waals surface area contributed by atoms with Crippen molar-refractivity contribution in [3.63, 3.8) is 0 Å². The van der Waals surface area contributed by atoms with E-state index in [1.54, 1.807) is 0 Å². The molecule has 1 atom stereocenters. The zero-order valence-electron chi connectivity index (χ0n) is 11.5. The summed E-state index contributed by atoms with van der Waals surface area (Å²) >= 11 is 0. The van der Waals surface area contributed by atoms with E-state index < -0.39 is 16.2 Å². The highest BCUT2D eigenvalue weighted by atomic mass is 32.2. The van der Waals surface area contributed by atoms with Crippen molar-refractivity contribution >= 4 is 16.2 Å². The Kier molecular flexibility index (Phi) is 6.18. The third kappa shape index (κ3) is 5.43. The van der Waals surface area contributed by atoms with Crippen LogP contribution in [-0.4, -0.2) is 68.0 Å². The smallest absolute Gasteiger partial charge is 0.304 e. The van der Waals surface area contributed by atoms with E-state index in [1.165, 1.54) is 7.05 Å². The third-order valence-corrected chi connectivity index (χ3v) is 4.91. The van der Waals surface area contributed by atoms with E-state index in [4.69, 9.17) is 5.11 Å². The molecule has 7 nitrogen and oxygen atoms in total. The number of nitrogens with zero attached hydrogens (tertiary/aromatic N) is 2. The van der Waals surface area contributed by atoms with E-state index >= 15 is 0 Å². The van der Waals surface area contributed by atoms with Crippen molar-refractivity contribution in [1.82, 2.24) is 13.9 Å². The predicted octanol–water partition coefficient (Wildman–Crippen LogP) is -0.288. The molecule has 0 amide bonds. The lowest BCUT2D eigenvalue weighted by atomic mass is 10.3. The highest BCUT2D eigenvalue weighted by molar-refractivity contribution is 7.87. The number of rotatable bonds is 8. The predicted molar refractivity (Wildman–Crippen MR) is 72.1 cm³/mol. The summed E-state index contributed by atoms with van der Waals surface area (Å²) in [4.78, 5) is 12.7. The monoisotopic (exact) mass is 293 g/mol. The van der Waals surface area contributed by atoms with E-state index in [-0.39, 0.29) is 19.0 Å². The van der Waals surface area contributed by atoms with Crippen molar-refractivity contribution in [2.45, 2.75) is 32.2 Å². The van der Waals surface area contributed by atoms with Gasteiger partial charge in [-0.15, -0.1) is 0 Å². The summed E-state index contributed by atoms with van der Waals surface area (Å²) in [5.74, 6) is -1.01. The number of carboxylic acid groups (broad SMARTS) is 1. The van der Waals surface area contributed by atoms with Crippen molar-refractivity contribution in [2.24, 2.45) is 0 Å². The first kappa shape index (κ1) is 16.4. The van der Waals surface area contributed by atoms with Crippen LogP contribution in [0, 0.1) is 0 Å². The van der Waals surface area contributed by atoms with Crippen LogP contribution in [0.3, 0.4) is 0 Å². The molecule has 0 aliphatic carbocycles. The van der Waals surface area contributed by atoms with Crippen LogP contribution in [-0.2, 0) is 15.0 Å². The van der Waals surface area contributed by atoms with Gasteiger partial charge in [0.25, 0.3) is 10.2 Å². The zero-order valence-corrected chi connectivity index (χ0v) is 12.3. The number of aliphatic carboxylic acids is 1. The average molecular weight is 293 g/mol. The fraction of sp³-hybridized carbons (Fsp3) is 0.909. The minimum atomic E-state index is -3.59. The second-order valence-electron chi connectivity index (χ2n) is 4.91. The lowest BCUT2D eigenvalue weighted by Crippen LogP contribution is -2.45. The van der Waals surface area contributed by atoms with Gasteiger partial charge in [0.05, 0.1) is 6.42 Å². The van der Waals surface area contributed by atoms with Crippen molar-refractivity contribution in [3.05, 3.63) is 0 Å². The van der Waals surface area contributed by atoms with Gasteiger partial charge in [-0.05, 0) is 32.9 Å². The SMILES string of the molecule is CC(CNS(=O)(=O)N(C)CCC(=O)O)N1CCCC1. The number of carboxylic acids is 1. The number of nitrogens with one attached hydrogen (secondary N) is 1. The average Bonchev–Trinajstić information content (AvgIpc) is 2.86. The van der Waals surface area contributed by atoms with Gasteiger partial charge in [0.15, 0.2) is 0 Å². The molecule has 0 aromatic heterocycles. The van der Waals surface area contributed by atoms with Crippen LogP contribution in [0.4, 0.5) is 0 Å². The summed E-state index contributed by atoms with van der Waals surface area (Å²) in [5, 5.41) is 8.54. The first-order valence-electron chi connectivity index (χ1n) is 6.49. The Bertz CT molecular complexity index is 393. The topological polar surface area (TPSA) is 90.0 Å². The maximum Gasteiger partial charge on any atom is 0.304 e. The first-order chi connectivity index (χ1) is 8.83. The van der Waals surface area contributed by atoms with Gasteiger partial charge in [-0.1, -0.05) is 0 Å². The minimum absolute atomic E-state index is 0.0250. The van der Waals surface area contributed by atoms with Crippen molar-refractivity contribution in [2.75, 3.05) is 33.2 Å². The largest absolute Gasteiger partial charge is 0.481 e. The van der Waals surface area contributed by atoms with E-state index in [0.717, 1.165) is 30.2 Å². The summed E-state index contributed by atoms with van der Waals surface area (Å²) in [5.41, 5.74) is 0. The maximum absolute atomic E-state index is 11.9. The Morgan fingerprint density at radius 1 is 1.42 bits per heavy atom. The molecule has 1 fully saturated rings. The molecule has 1 aliphatic rings. The highest BCUT2D eigenvalue weighted by Gasteiger charge is 2.22. The van der Waals surface area contributed by atoms with Crippen LogP contribution in [0.1, 0.15) is 26.2 Å². The number of carbonyl (C=O) groups is 1. The molecule has 0 aromatic rings. The lowest BCUT2D eigenvalue weighted by Gasteiger charge is -2.25. The van der Waals surface area contributed by atoms with Gasteiger partial charge in [0.1, 0.15) is 0 Å². The Balaban J connectivity index is 2.38. The van der Waals surface area contributed by atoms with Crippen LogP contribution < -0.4 is 4.72 Å². The Morgan fingerprint density at radius 2 is 2.00 bits per heavy atom. The third-order valence-electron chi connectivity index (χ3n) is 3.38. The van der Waals surface area contributed by atoms with Crippen LogP contribution in [0.2, 0.25) is 0 Å². The fourth-order valence-electron chi connectivity index (χ4n) is 2.02. The van der Waals surface area contributed by atoms with Gasteiger partial charge < -0.3 is 5.11 Å². The molecule has 112 valence electrons. The number of likely N-dealkylation sites (tertiary alicyclic amines) is 1. The molecule has 1 aliphatic heterocycles. The highest BCUT2D eigenvalue weighted by Crippen LogP contribution is 2.11. The van der Waals surface area contributed by atoms with E-state index in [9.17, 15) is 13.2 Å². The molecular weight excluding hydrogens is 270 g/mol. The molecule has 0 saturated carbocycles. The second kappa shape index (κ2) is 7.18. The molecule has 1 rings (SSSR count). The summed E-state index contributed by atoms with van der Waals surface area (Å²) in [6, 6.07) is 0.158. The van der Waals surface area contributed by atoms with E-state index in [2.05, 4.69) is 9.62 Å². The Hall–Kier alpha value is -0.700. The quantitative estimate of drug-likeness (QED) is 0.642. The van der Waals surface area contributed by atoms with E-state index in [0.29, 0.717) is 6.54 Å². The Morgan fingerprint density at radius 3 is 2.53 bits per heavy atom. The van der Waals surface area contributed by atoms with Crippen molar-refractivity contribution < 1.29 is 18.3 Å². The molecule has 1 heterocycles.